The summed E-state index contributed by atoms with van der Waals surface area (Å²) < 4.78 is 44.5. The molecule has 100 valence electrons. The van der Waals surface area contributed by atoms with Crippen LogP contribution in [-0.2, 0) is 14.8 Å². The molecule has 0 radical (unpaired) electrons. The molecule has 1 aliphatic heterocycles. The first kappa shape index (κ1) is 13.5. The topological polar surface area (TPSA) is 46.6 Å². The molecule has 1 heterocycles. The minimum atomic E-state index is -3.56. The van der Waals surface area contributed by atoms with Crippen molar-refractivity contribution in [2.75, 3.05) is 19.7 Å². The van der Waals surface area contributed by atoms with Crippen molar-refractivity contribution in [3.8, 4) is 0 Å². The molecule has 1 aliphatic rings. The van der Waals surface area contributed by atoms with Gasteiger partial charge in [0.25, 0.3) is 0 Å². The van der Waals surface area contributed by atoms with Crippen molar-refractivity contribution < 1.29 is 17.5 Å². The van der Waals surface area contributed by atoms with Crippen LogP contribution in [0.25, 0.3) is 0 Å². The summed E-state index contributed by atoms with van der Waals surface area (Å²) in [5.41, 5.74) is 0.425. The molecule has 1 aromatic carbocycles. The first-order valence-electron chi connectivity index (χ1n) is 5.79. The van der Waals surface area contributed by atoms with Crippen molar-refractivity contribution in [2.24, 2.45) is 0 Å². The summed E-state index contributed by atoms with van der Waals surface area (Å²) in [6, 6.07) is 3.72. The smallest absolute Gasteiger partial charge is 0.243 e. The molecule has 0 aromatic heterocycles. The fraction of sp³-hybridized carbons (Fsp3) is 0.500. The van der Waals surface area contributed by atoms with Crippen LogP contribution in [0.3, 0.4) is 0 Å². The molecule has 0 N–H and O–H groups in total. The van der Waals surface area contributed by atoms with E-state index in [1.165, 1.54) is 22.5 Å². The van der Waals surface area contributed by atoms with E-state index in [0.29, 0.717) is 25.3 Å². The molecule has 0 saturated carbocycles. The molecule has 0 amide bonds. The Morgan fingerprint density at radius 2 is 2.17 bits per heavy atom. The summed E-state index contributed by atoms with van der Waals surface area (Å²) >= 11 is 0. The number of ether oxygens (including phenoxy) is 1. The third-order valence-electron chi connectivity index (χ3n) is 2.96. The Labute approximate surface area is 106 Å². The number of nitrogens with zero attached hydrogens (tertiary/aromatic N) is 1. The predicted molar refractivity (Wildman–Crippen MR) is 65.3 cm³/mol. The lowest BCUT2D eigenvalue weighted by atomic mass is 10.2. The predicted octanol–water partition coefficient (Wildman–Crippen LogP) is 1.54. The van der Waals surface area contributed by atoms with Gasteiger partial charge in [0.1, 0.15) is 5.82 Å². The van der Waals surface area contributed by atoms with Crippen LogP contribution in [0.1, 0.15) is 12.5 Å². The second kappa shape index (κ2) is 4.95. The summed E-state index contributed by atoms with van der Waals surface area (Å²) in [7, 11) is -3.56. The number of hydrogen-bond acceptors (Lipinski definition) is 3. The maximum absolute atomic E-state index is 13.0. The molecule has 1 atom stereocenters. The van der Waals surface area contributed by atoms with Gasteiger partial charge in [-0.25, -0.2) is 12.8 Å². The van der Waals surface area contributed by atoms with E-state index in [1.807, 2.05) is 6.92 Å². The zero-order valence-electron chi connectivity index (χ0n) is 10.4. The van der Waals surface area contributed by atoms with Crippen molar-refractivity contribution in [3.05, 3.63) is 29.6 Å². The highest BCUT2D eigenvalue weighted by molar-refractivity contribution is 7.89. The van der Waals surface area contributed by atoms with Crippen molar-refractivity contribution in [2.45, 2.75) is 24.8 Å². The van der Waals surface area contributed by atoms with Gasteiger partial charge in [-0.3, -0.25) is 0 Å². The number of morpholine rings is 1. The van der Waals surface area contributed by atoms with Gasteiger partial charge >= 0.3 is 0 Å². The van der Waals surface area contributed by atoms with Gasteiger partial charge in [-0.15, -0.1) is 0 Å². The third kappa shape index (κ3) is 2.55. The maximum atomic E-state index is 13.0. The standard InChI is InChI=1S/C12H16FNO3S/c1-9-7-11(13)3-4-12(9)18(15,16)14-5-6-17-10(2)8-14/h3-4,7,10H,5-6,8H2,1-2H3/t10-/m0/s1. The molecule has 1 aromatic rings. The molecule has 0 unspecified atom stereocenters. The SMILES string of the molecule is Cc1cc(F)ccc1S(=O)(=O)N1CCO[C@@H](C)C1. The van der Waals surface area contributed by atoms with Gasteiger partial charge in [0.05, 0.1) is 17.6 Å². The van der Waals surface area contributed by atoms with Crippen molar-refractivity contribution in [1.29, 1.82) is 0 Å². The molecule has 0 spiro atoms. The minimum Gasteiger partial charge on any atom is -0.376 e. The lowest BCUT2D eigenvalue weighted by Crippen LogP contribution is -2.44. The van der Waals surface area contributed by atoms with Crippen molar-refractivity contribution in [1.82, 2.24) is 4.31 Å². The van der Waals surface area contributed by atoms with Gasteiger partial charge < -0.3 is 4.74 Å². The molecule has 1 saturated heterocycles. The van der Waals surface area contributed by atoms with E-state index < -0.39 is 15.8 Å². The first-order chi connectivity index (χ1) is 8.41. The molecule has 1 fully saturated rings. The largest absolute Gasteiger partial charge is 0.376 e. The lowest BCUT2D eigenvalue weighted by molar-refractivity contribution is 0.0102. The van der Waals surface area contributed by atoms with E-state index in [9.17, 15) is 12.8 Å². The van der Waals surface area contributed by atoms with E-state index in [-0.39, 0.29) is 11.0 Å². The van der Waals surface area contributed by atoms with Gasteiger partial charge in [0.2, 0.25) is 10.0 Å². The van der Waals surface area contributed by atoms with Crippen LogP contribution < -0.4 is 0 Å². The van der Waals surface area contributed by atoms with Crippen LogP contribution in [0.2, 0.25) is 0 Å². The Balaban J connectivity index is 2.35. The van der Waals surface area contributed by atoms with E-state index in [4.69, 9.17) is 4.74 Å². The fourth-order valence-electron chi connectivity index (χ4n) is 2.05. The van der Waals surface area contributed by atoms with Crippen LogP contribution in [0, 0.1) is 12.7 Å². The van der Waals surface area contributed by atoms with E-state index in [1.54, 1.807) is 6.92 Å². The monoisotopic (exact) mass is 273 g/mol. The number of halogens is 1. The van der Waals surface area contributed by atoms with E-state index in [0.717, 1.165) is 0 Å². The Kier molecular flexibility index (Phi) is 3.70. The highest BCUT2D eigenvalue weighted by Gasteiger charge is 2.30. The van der Waals surface area contributed by atoms with Crippen molar-refractivity contribution in [3.63, 3.8) is 0 Å². The van der Waals surface area contributed by atoms with Gasteiger partial charge in [0.15, 0.2) is 0 Å². The average Bonchev–Trinajstić information content (AvgIpc) is 2.28. The summed E-state index contributed by atoms with van der Waals surface area (Å²) in [6.07, 6.45) is -0.116. The number of benzene rings is 1. The molecule has 0 bridgehead atoms. The van der Waals surface area contributed by atoms with Crippen molar-refractivity contribution >= 4 is 10.0 Å². The molecule has 4 nitrogen and oxygen atoms in total. The molecule has 0 aliphatic carbocycles. The second-order valence-electron chi connectivity index (χ2n) is 4.45. The number of aryl methyl sites for hydroxylation is 1. The molecule has 18 heavy (non-hydrogen) atoms. The lowest BCUT2D eigenvalue weighted by Gasteiger charge is -2.30. The summed E-state index contributed by atoms with van der Waals surface area (Å²) in [5, 5.41) is 0. The maximum Gasteiger partial charge on any atom is 0.243 e. The number of sulfonamides is 1. The normalized spacial score (nSPS) is 22.1. The van der Waals surface area contributed by atoms with Gasteiger partial charge in [-0.2, -0.15) is 4.31 Å². The first-order valence-corrected chi connectivity index (χ1v) is 7.23. The molecular formula is C12H16FNO3S. The third-order valence-corrected chi connectivity index (χ3v) is 4.98. The van der Waals surface area contributed by atoms with Gasteiger partial charge in [-0.05, 0) is 37.6 Å². The minimum absolute atomic E-state index is 0.116. The van der Waals surface area contributed by atoms with Crippen LogP contribution in [0.15, 0.2) is 23.1 Å². The molecule has 6 heteroatoms. The molecular weight excluding hydrogens is 257 g/mol. The van der Waals surface area contributed by atoms with Gasteiger partial charge in [-0.1, -0.05) is 0 Å². The zero-order valence-corrected chi connectivity index (χ0v) is 11.2. The summed E-state index contributed by atoms with van der Waals surface area (Å²) in [5.74, 6) is -0.429. The van der Waals surface area contributed by atoms with E-state index in [2.05, 4.69) is 0 Å². The van der Waals surface area contributed by atoms with Crippen LogP contribution in [-0.4, -0.2) is 38.5 Å². The van der Waals surface area contributed by atoms with E-state index >= 15 is 0 Å². The highest BCUT2D eigenvalue weighted by Crippen LogP contribution is 2.22. The Hall–Kier alpha value is -0.980. The highest BCUT2D eigenvalue weighted by atomic mass is 32.2. The molecule has 2 rings (SSSR count). The Bertz CT molecular complexity index is 544. The fourth-order valence-corrected chi connectivity index (χ4v) is 3.75. The van der Waals surface area contributed by atoms with Crippen LogP contribution >= 0.6 is 0 Å². The van der Waals surface area contributed by atoms with Crippen LogP contribution in [0.5, 0.6) is 0 Å². The average molecular weight is 273 g/mol. The number of rotatable bonds is 2. The number of hydrogen-bond donors (Lipinski definition) is 0. The Morgan fingerprint density at radius 3 is 2.78 bits per heavy atom. The van der Waals surface area contributed by atoms with Gasteiger partial charge in [0, 0.05) is 13.1 Å². The second-order valence-corrected chi connectivity index (χ2v) is 6.36. The summed E-state index contributed by atoms with van der Waals surface area (Å²) in [6.45, 7) is 4.49. The quantitative estimate of drug-likeness (QED) is 0.821. The summed E-state index contributed by atoms with van der Waals surface area (Å²) in [4.78, 5) is 0.165. The zero-order chi connectivity index (χ0) is 13.3. The Morgan fingerprint density at radius 1 is 1.44 bits per heavy atom. The van der Waals surface area contributed by atoms with Crippen LogP contribution in [0.4, 0.5) is 4.39 Å².